The molecule has 2 aromatic rings. The molecule has 4 amide bonds. The summed E-state index contributed by atoms with van der Waals surface area (Å²) in [6.07, 6.45) is 0.646. The van der Waals surface area contributed by atoms with E-state index in [0.29, 0.717) is 38.1 Å². The Hall–Kier alpha value is -4.13. The van der Waals surface area contributed by atoms with Crippen molar-refractivity contribution in [1.82, 2.24) is 20.4 Å². The number of thiophene rings is 1. The fourth-order valence-electron chi connectivity index (χ4n) is 5.21. The van der Waals surface area contributed by atoms with E-state index in [9.17, 15) is 19.2 Å². The molecule has 4 rings (SSSR count). The highest BCUT2D eigenvalue weighted by molar-refractivity contribution is 7.10. The van der Waals surface area contributed by atoms with Gasteiger partial charge in [0.15, 0.2) is 0 Å². The molecule has 1 atom stereocenters. The summed E-state index contributed by atoms with van der Waals surface area (Å²) >= 11 is 1.38. The molecule has 5 N–H and O–H groups in total. The maximum Gasteiger partial charge on any atom is 0.410 e. The lowest BCUT2D eigenvalue weighted by Crippen LogP contribution is -2.60. The van der Waals surface area contributed by atoms with Crippen molar-refractivity contribution in [1.29, 1.82) is 5.41 Å². The molecular formula is C30H40N6O6S. The first-order chi connectivity index (χ1) is 20.3. The Morgan fingerprint density at radius 1 is 1.12 bits per heavy atom. The van der Waals surface area contributed by atoms with Gasteiger partial charge in [0.25, 0.3) is 0 Å². The molecule has 2 saturated heterocycles. The van der Waals surface area contributed by atoms with Gasteiger partial charge in [-0.05, 0) is 51.8 Å². The summed E-state index contributed by atoms with van der Waals surface area (Å²) in [6, 6.07) is 10.3. The summed E-state index contributed by atoms with van der Waals surface area (Å²) in [5.74, 6) is -0.281. The second-order valence-electron chi connectivity index (χ2n) is 12.1. The van der Waals surface area contributed by atoms with E-state index >= 15 is 0 Å². The monoisotopic (exact) mass is 612 g/mol. The van der Waals surface area contributed by atoms with Crippen LogP contribution >= 0.6 is 11.3 Å². The van der Waals surface area contributed by atoms with Crippen molar-refractivity contribution in [3.63, 3.8) is 0 Å². The van der Waals surface area contributed by atoms with E-state index in [-0.39, 0.29) is 49.6 Å². The van der Waals surface area contributed by atoms with Crippen molar-refractivity contribution in [2.45, 2.75) is 58.2 Å². The molecule has 3 heterocycles. The van der Waals surface area contributed by atoms with Crippen LogP contribution in [0.2, 0.25) is 0 Å². The van der Waals surface area contributed by atoms with Crippen LogP contribution in [0.4, 0.5) is 4.79 Å². The van der Waals surface area contributed by atoms with Gasteiger partial charge < -0.3 is 35.6 Å². The lowest BCUT2D eigenvalue weighted by Gasteiger charge is -2.47. The fourth-order valence-corrected chi connectivity index (χ4v) is 6.03. The molecule has 1 aromatic heterocycles. The Bertz CT molecular complexity index is 1330. The van der Waals surface area contributed by atoms with Crippen LogP contribution in [0.15, 0.2) is 41.8 Å². The van der Waals surface area contributed by atoms with Gasteiger partial charge in [-0.3, -0.25) is 19.8 Å². The van der Waals surface area contributed by atoms with E-state index in [0.717, 1.165) is 10.6 Å². The van der Waals surface area contributed by atoms with Crippen LogP contribution < -0.4 is 21.1 Å². The molecule has 0 saturated carbocycles. The molecule has 12 nitrogen and oxygen atoms in total. The zero-order valence-electron chi connectivity index (χ0n) is 24.8. The number of carbonyl (C=O) groups excluding carboxylic acids is 4. The highest BCUT2D eigenvalue weighted by atomic mass is 32.1. The zero-order valence-corrected chi connectivity index (χ0v) is 25.6. The standard InChI is InChI=1S/C30H40N6O6S/c1-29(2,3)42-28(40)35-17-30(18-35)13-23(27(39)34-14-22-12-20(16-43-22)26(31)32)36(19-30)25(38)15-33-24(37)10-7-11-41-21-8-5-4-6-9-21/h4-6,8-9,12,16,23H,7,10-11,13-15,17-19H2,1-3H3,(H3,31,32)(H,33,37)(H,34,39). The third kappa shape index (κ3) is 8.69. The summed E-state index contributed by atoms with van der Waals surface area (Å²) < 4.78 is 11.1. The number of carbonyl (C=O) groups is 4. The first kappa shape index (κ1) is 31.8. The second-order valence-corrected chi connectivity index (χ2v) is 13.0. The van der Waals surface area contributed by atoms with Crippen LogP contribution in [-0.4, -0.2) is 83.9 Å². The van der Waals surface area contributed by atoms with Gasteiger partial charge in [0.05, 0.1) is 19.7 Å². The van der Waals surface area contributed by atoms with Crippen molar-refractivity contribution in [3.05, 3.63) is 52.2 Å². The molecule has 2 aliphatic rings. The number of para-hydroxylation sites is 1. The SMILES string of the molecule is CC(C)(C)OC(=O)N1CC2(CC(C(=O)NCc3cc(C(=N)N)cs3)N(C(=O)CNC(=O)CCCOc3ccccc3)C2)C1. The van der Waals surface area contributed by atoms with E-state index in [1.165, 1.54) is 16.2 Å². The van der Waals surface area contributed by atoms with Crippen molar-refractivity contribution < 1.29 is 28.7 Å². The first-order valence-electron chi connectivity index (χ1n) is 14.3. The third-order valence-electron chi connectivity index (χ3n) is 7.23. The number of amidine groups is 1. The molecule has 232 valence electrons. The number of ether oxygens (including phenoxy) is 2. The molecule has 0 radical (unpaired) electrons. The van der Waals surface area contributed by atoms with Crippen LogP contribution in [0.1, 0.15) is 50.5 Å². The number of nitrogen functional groups attached to an aromatic ring is 1. The van der Waals surface area contributed by atoms with Gasteiger partial charge in [0.1, 0.15) is 23.2 Å². The molecule has 13 heteroatoms. The van der Waals surface area contributed by atoms with Crippen molar-refractivity contribution >= 4 is 41.0 Å². The summed E-state index contributed by atoms with van der Waals surface area (Å²) in [6.45, 7) is 6.80. The number of nitrogens with one attached hydrogen (secondary N) is 3. The minimum Gasteiger partial charge on any atom is -0.494 e. The van der Waals surface area contributed by atoms with Gasteiger partial charge in [-0.2, -0.15) is 0 Å². The summed E-state index contributed by atoms with van der Waals surface area (Å²) in [5, 5.41) is 14.9. The van der Waals surface area contributed by atoms with Crippen molar-refractivity contribution in [3.8, 4) is 5.75 Å². The summed E-state index contributed by atoms with van der Waals surface area (Å²) in [7, 11) is 0. The molecule has 0 aliphatic carbocycles. The fraction of sp³-hybridized carbons (Fsp3) is 0.500. The number of benzene rings is 1. The molecule has 1 aromatic carbocycles. The molecule has 1 spiro atoms. The zero-order chi connectivity index (χ0) is 31.2. The third-order valence-corrected chi connectivity index (χ3v) is 8.17. The largest absolute Gasteiger partial charge is 0.494 e. The molecule has 0 bridgehead atoms. The molecule has 1 unspecified atom stereocenters. The smallest absolute Gasteiger partial charge is 0.410 e. The minimum absolute atomic E-state index is 0.0476. The normalized spacial score (nSPS) is 17.2. The average molecular weight is 613 g/mol. The van der Waals surface area contributed by atoms with Crippen LogP contribution in [-0.2, 0) is 25.7 Å². The van der Waals surface area contributed by atoms with Gasteiger partial charge in [-0.25, -0.2) is 4.79 Å². The van der Waals surface area contributed by atoms with E-state index in [4.69, 9.17) is 20.6 Å². The first-order valence-corrected chi connectivity index (χ1v) is 15.1. The van der Waals surface area contributed by atoms with E-state index < -0.39 is 23.2 Å². The molecule has 2 fully saturated rings. The van der Waals surface area contributed by atoms with Gasteiger partial charge in [-0.15, -0.1) is 11.3 Å². The predicted octanol–water partition coefficient (Wildman–Crippen LogP) is 2.46. The van der Waals surface area contributed by atoms with Gasteiger partial charge in [0, 0.05) is 47.3 Å². The Morgan fingerprint density at radius 3 is 2.49 bits per heavy atom. The quantitative estimate of drug-likeness (QED) is 0.172. The highest BCUT2D eigenvalue weighted by Gasteiger charge is 2.56. The van der Waals surface area contributed by atoms with E-state index in [2.05, 4.69) is 10.6 Å². The van der Waals surface area contributed by atoms with Gasteiger partial charge >= 0.3 is 6.09 Å². The second kappa shape index (κ2) is 13.4. The molecular weight excluding hydrogens is 572 g/mol. The lowest BCUT2D eigenvalue weighted by atomic mass is 9.78. The van der Waals surface area contributed by atoms with E-state index in [1.807, 2.05) is 30.3 Å². The van der Waals surface area contributed by atoms with Gasteiger partial charge in [-0.1, -0.05) is 18.2 Å². The Kier molecular flexibility index (Phi) is 9.95. The number of nitrogens with zero attached hydrogens (tertiary/aromatic N) is 2. The predicted molar refractivity (Wildman–Crippen MR) is 162 cm³/mol. The van der Waals surface area contributed by atoms with Crippen LogP contribution in [0.25, 0.3) is 0 Å². The average Bonchev–Trinajstić information content (AvgIpc) is 3.58. The van der Waals surface area contributed by atoms with Crippen LogP contribution in [0, 0.1) is 10.8 Å². The molecule has 2 aliphatic heterocycles. The number of rotatable bonds is 11. The number of hydrogen-bond acceptors (Lipinski definition) is 8. The van der Waals surface area contributed by atoms with Gasteiger partial charge in [0.2, 0.25) is 17.7 Å². The number of likely N-dealkylation sites (tertiary alicyclic amines) is 2. The van der Waals surface area contributed by atoms with Crippen LogP contribution in [0.5, 0.6) is 5.75 Å². The Balaban J connectivity index is 1.32. The van der Waals surface area contributed by atoms with Crippen molar-refractivity contribution in [2.75, 3.05) is 32.8 Å². The minimum atomic E-state index is -0.753. The highest BCUT2D eigenvalue weighted by Crippen LogP contribution is 2.43. The Morgan fingerprint density at radius 2 is 1.84 bits per heavy atom. The maximum absolute atomic E-state index is 13.4. The molecule has 43 heavy (non-hydrogen) atoms. The summed E-state index contributed by atoms with van der Waals surface area (Å²) in [4.78, 5) is 55.6. The van der Waals surface area contributed by atoms with E-state index in [1.54, 1.807) is 37.1 Å². The summed E-state index contributed by atoms with van der Waals surface area (Å²) in [5.41, 5.74) is 5.07. The topological polar surface area (TPSA) is 167 Å². The number of hydrogen-bond donors (Lipinski definition) is 4. The number of amides is 4. The maximum atomic E-state index is 13.4. The Labute approximate surface area is 255 Å². The van der Waals surface area contributed by atoms with Crippen LogP contribution in [0.3, 0.4) is 0 Å². The number of nitrogens with two attached hydrogens (primary N) is 1. The lowest BCUT2D eigenvalue weighted by molar-refractivity contribution is -0.139. The van der Waals surface area contributed by atoms with Crippen molar-refractivity contribution in [2.24, 2.45) is 11.1 Å².